The Bertz CT molecular complexity index is 228. The highest BCUT2D eigenvalue weighted by Crippen LogP contribution is 2.15. The van der Waals surface area contributed by atoms with Crippen molar-refractivity contribution in [2.45, 2.75) is 5.92 Å². The molecule has 12 heavy (non-hydrogen) atoms. The van der Waals surface area contributed by atoms with Crippen molar-refractivity contribution < 1.29 is 4.74 Å². The van der Waals surface area contributed by atoms with E-state index in [2.05, 4.69) is 18.7 Å². The summed E-state index contributed by atoms with van der Waals surface area (Å²) in [6, 6.07) is 10.2. The van der Waals surface area contributed by atoms with E-state index in [0.717, 1.165) is 0 Å². The van der Waals surface area contributed by atoms with Crippen molar-refractivity contribution in [2.75, 3.05) is 13.7 Å². The van der Waals surface area contributed by atoms with Gasteiger partial charge in [-0.15, -0.1) is 6.58 Å². The van der Waals surface area contributed by atoms with Crippen LogP contribution in [0.5, 0.6) is 0 Å². The van der Waals surface area contributed by atoms with Crippen molar-refractivity contribution in [1.29, 1.82) is 0 Å². The third kappa shape index (κ3) is 2.21. The lowest BCUT2D eigenvalue weighted by Gasteiger charge is -2.10. The Labute approximate surface area is 73.7 Å². The molecule has 1 aromatic rings. The first-order valence-corrected chi connectivity index (χ1v) is 4.05. The van der Waals surface area contributed by atoms with E-state index in [1.54, 1.807) is 7.11 Å². The number of methoxy groups -OCH3 is 1. The topological polar surface area (TPSA) is 9.23 Å². The van der Waals surface area contributed by atoms with Crippen LogP contribution in [0.15, 0.2) is 43.0 Å². The molecule has 0 fully saturated rings. The van der Waals surface area contributed by atoms with Crippen molar-refractivity contribution >= 4 is 0 Å². The third-order valence-corrected chi connectivity index (χ3v) is 1.86. The SMILES string of the molecule is C=CC(COC)c1ccccc1. The smallest absolute Gasteiger partial charge is 0.0565 e. The maximum Gasteiger partial charge on any atom is 0.0565 e. The standard InChI is InChI=1S/C11H14O/c1-3-10(9-12-2)11-7-5-4-6-8-11/h3-8,10H,1,9H2,2H3. The molecule has 1 rings (SSSR count). The lowest BCUT2D eigenvalue weighted by Crippen LogP contribution is -2.02. The Morgan fingerprint density at radius 3 is 2.58 bits per heavy atom. The first-order chi connectivity index (χ1) is 5.88. The normalized spacial score (nSPS) is 12.4. The van der Waals surface area contributed by atoms with Gasteiger partial charge in [-0.3, -0.25) is 0 Å². The quantitative estimate of drug-likeness (QED) is 0.618. The molecular formula is C11H14O. The zero-order valence-corrected chi connectivity index (χ0v) is 7.36. The fourth-order valence-corrected chi connectivity index (χ4v) is 1.18. The summed E-state index contributed by atoms with van der Waals surface area (Å²) < 4.78 is 5.08. The van der Waals surface area contributed by atoms with Gasteiger partial charge >= 0.3 is 0 Å². The van der Waals surface area contributed by atoms with Gasteiger partial charge < -0.3 is 4.74 Å². The van der Waals surface area contributed by atoms with Gasteiger partial charge in [0, 0.05) is 13.0 Å². The van der Waals surface area contributed by atoms with E-state index >= 15 is 0 Å². The van der Waals surface area contributed by atoms with E-state index in [4.69, 9.17) is 4.74 Å². The highest BCUT2D eigenvalue weighted by molar-refractivity contribution is 5.22. The van der Waals surface area contributed by atoms with E-state index in [1.165, 1.54) is 5.56 Å². The molecule has 0 aliphatic rings. The summed E-state index contributed by atoms with van der Waals surface area (Å²) in [7, 11) is 1.71. The van der Waals surface area contributed by atoms with Crippen molar-refractivity contribution in [3.8, 4) is 0 Å². The zero-order valence-electron chi connectivity index (χ0n) is 7.36. The van der Waals surface area contributed by atoms with Crippen molar-refractivity contribution in [1.82, 2.24) is 0 Å². The van der Waals surface area contributed by atoms with E-state index in [0.29, 0.717) is 12.5 Å². The van der Waals surface area contributed by atoms with Crippen LogP contribution in [0.25, 0.3) is 0 Å². The Morgan fingerprint density at radius 1 is 1.42 bits per heavy atom. The number of benzene rings is 1. The summed E-state index contributed by atoms with van der Waals surface area (Å²) in [6.45, 7) is 4.48. The Morgan fingerprint density at radius 2 is 2.08 bits per heavy atom. The molecule has 0 radical (unpaired) electrons. The molecule has 1 heteroatoms. The number of ether oxygens (including phenoxy) is 1. The van der Waals surface area contributed by atoms with Gasteiger partial charge in [-0.2, -0.15) is 0 Å². The zero-order chi connectivity index (χ0) is 8.81. The molecule has 0 saturated carbocycles. The van der Waals surface area contributed by atoms with Crippen LogP contribution >= 0.6 is 0 Å². The van der Waals surface area contributed by atoms with E-state index in [-0.39, 0.29) is 0 Å². The molecule has 1 atom stereocenters. The monoisotopic (exact) mass is 162 g/mol. The first kappa shape index (κ1) is 9.01. The molecule has 64 valence electrons. The van der Waals surface area contributed by atoms with Gasteiger partial charge in [-0.25, -0.2) is 0 Å². The highest BCUT2D eigenvalue weighted by atomic mass is 16.5. The fourth-order valence-electron chi connectivity index (χ4n) is 1.18. The summed E-state index contributed by atoms with van der Waals surface area (Å²) in [5.74, 6) is 0.316. The average Bonchev–Trinajstić information content (AvgIpc) is 2.15. The summed E-state index contributed by atoms with van der Waals surface area (Å²) in [5, 5.41) is 0. The largest absolute Gasteiger partial charge is 0.384 e. The van der Waals surface area contributed by atoms with Crippen LogP contribution in [0.1, 0.15) is 11.5 Å². The Balaban J connectivity index is 2.73. The molecular weight excluding hydrogens is 148 g/mol. The van der Waals surface area contributed by atoms with Crippen LogP contribution in [0.3, 0.4) is 0 Å². The molecule has 1 unspecified atom stereocenters. The van der Waals surface area contributed by atoms with Gasteiger partial charge in [0.15, 0.2) is 0 Å². The van der Waals surface area contributed by atoms with Crippen molar-refractivity contribution in [3.05, 3.63) is 48.6 Å². The van der Waals surface area contributed by atoms with Gasteiger partial charge in [-0.05, 0) is 5.56 Å². The van der Waals surface area contributed by atoms with Crippen LogP contribution in [0.4, 0.5) is 0 Å². The van der Waals surface area contributed by atoms with Crippen LogP contribution in [0, 0.1) is 0 Å². The molecule has 0 spiro atoms. The number of hydrogen-bond acceptors (Lipinski definition) is 1. The maximum absolute atomic E-state index is 5.08. The Hall–Kier alpha value is -1.08. The summed E-state index contributed by atoms with van der Waals surface area (Å²) in [5.41, 5.74) is 1.26. The molecule has 0 N–H and O–H groups in total. The summed E-state index contributed by atoms with van der Waals surface area (Å²) in [6.07, 6.45) is 1.92. The molecule has 0 amide bonds. The lowest BCUT2D eigenvalue weighted by molar-refractivity contribution is 0.191. The highest BCUT2D eigenvalue weighted by Gasteiger charge is 2.04. The lowest BCUT2D eigenvalue weighted by atomic mass is 10.0. The molecule has 0 heterocycles. The van der Waals surface area contributed by atoms with Gasteiger partial charge in [0.2, 0.25) is 0 Å². The summed E-state index contributed by atoms with van der Waals surface area (Å²) in [4.78, 5) is 0. The summed E-state index contributed by atoms with van der Waals surface area (Å²) >= 11 is 0. The number of hydrogen-bond donors (Lipinski definition) is 0. The molecule has 1 aromatic carbocycles. The third-order valence-electron chi connectivity index (χ3n) is 1.86. The second-order valence-corrected chi connectivity index (χ2v) is 2.71. The minimum absolute atomic E-state index is 0.316. The van der Waals surface area contributed by atoms with Crippen LogP contribution in [-0.4, -0.2) is 13.7 Å². The van der Waals surface area contributed by atoms with Crippen LogP contribution in [-0.2, 0) is 4.74 Å². The molecule has 1 nitrogen and oxygen atoms in total. The van der Waals surface area contributed by atoms with Gasteiger partial charge in [-0.1, -0.05) is 36.4 Å². The molecule has 0 aliphatic heterocycles. The average molecular weight is 162 g/mol. The minimum Gasteiger partial charge on any atom is -0.384 e. The second-order valence-electron chi connectivity index (χ2n) is 2.71. The van der Waals surface area contributed by atoms with Gasteiger partial charge in [0.05, 0.1) is 6.61 Å². The molecule has 0 aromatic heterocycles. The van der Waals surface area contributed by atoms with Crippen molar-refractivity contribution in [3.63, 3.8) is 0 Å². The molecule has 0 bridgehead atoms. The van der Waals surface area contributed by atoms with Gasteiger partial charge in [0.25, 0.3) is 0 Å². The number of rotatable bonds is 4. The van der Waals surface area contributed by atoms with Crippen LogP contribution < -0.4 is 0 Å². The van der Waals surface area contributed by atoms with E-state index in [1.807, 2.05) is 24.3 Å². The predicted octanol–water partition coefficient (Wildman–Crippen LogP) is 2.60. The maximum atomic E-state index is 5.08. The molecule has 0 aliphatic carbocycles. The fraction of sp³-hybridized carbons (Fsp3) is 0.273. The first-order valence-electron chi connectivity index (χ1n) is 4.05. The van der Waals surface area contributed by atoms with Crippen molar-refractivity contribution in [2.24, 2.45) is 0 Å². The molecule has 0 saturated heterocycles. The van der Waals surface area contributed by atoms with E-state index < -0.39 is 0 Å². The van der Waals surface area contributed by atoms with Crippen LogP contribution in [0.2, 0.25) is 0 Å². The van der Waals surface area contributed by atoms with Gasteiger partial charge in [0.1, 0.15) is 0 Å². The predicted molar refractivity (Wildman–Crippen MR) is 51.3 cm³/mol. The Kier molecular flexibility index (Phi) is 3.55. The minimum atomic E-state index is 0.316. The second kappa shape index (κ2) is 4.73. The van der Waals surface area contributed by atoms with E-state index in [9.17, 15) is 0 Å².